The first-order valence-electron chi connectivity index (χ1n) is 14.9. The second-order valence-corrected chi connectivity index (χ2v) is 11.5. The summed E-state index contributed by atoms with van der Waals surface area (Å²) in [7, 11) is 0. The van der Waals surface area contributed by atoms with E-state index < -0.39 is 0 Å². The molecule has 2 aromatic carbocycles. The summed E-state index contributed by atoms with van der Waals surface area (Å²) in [6, 6.07) is 18.1. The summed E-state index contributed by atoms with van der Waals surface area (Å²) < 4.78 is 10.0. The average Bonchev–Trinajstić information content (AvgIpc) is 3.65. The van der Waals surface area contributed by atoms with Gasteiger partial charge in [-0.1, -0.05) is 55.8 Å². The van der Waals surface area contributed by atoms with Crippen molar-refractivity contribution in [2.45, 2.75) is 95.5 Å². The van der Waals surface area contributed by atoms with Crippen LogP contribution in [0, 0.1) is 11.3 Å². The summed E-state index contributed by atoms with van der Waals surface area (Å²) in [6.07, 6.45) is 9.54. The van der Waals surface area contributed by atoms with E-state index in [4.69, 9.17) is 4.74 Å². The molecule has 0 bridgehead atoms. The van der Waals surface area contributed by atoms with Gasteiger partial charge in [-0.2, -0.15) is 15.3 Å². The van der Waals surface area contributed by atoms with Crippen LogP contribution in [0.4, 0.5) is 0 Å². The molecule has 0 amide bonds. The molecular weight excluding hydrogens is 514 g/mol. The topological polar surface area (TPSA) is 105 Å². The highest BCUT2D eigenvalue weighted by atomic mass is 16.5. The minimum absolute atomic E-state index is 0.0171. The molecule has 2 heterocycles. The molecule has 2 aromatic heterocycles. The van der Waals surface area contributed by atoms with Gasteiger partial charge in [0.25, 0.3) is 5.56 Å². The SMILES string of the molecule is CCCc1c(Cc2ccc(-c3ccccc3C#N)cc2)c(=O)n(C2CCC(O[C@@H]3CCC[C@@H]3O)CC2)c2ncnn12. The van der Waals surface area contributed by atoms with Gasteiger partial charge in [0.15, 0.2) is 0 Å². The van der Waals surface area contributed by atoms with Crippen molar-refractivity contribution in [3.8, 4) is 17.2 Å². The van der Waals surface area contributed by atoms with Gasteiger partial charge in [0.05, 0.1) is 35.6 Å². The van der Waals surface area contributed by atoms with Crippen LogP contribution in [0.3, 0.4) is 0 Å². The van der Waals surface area contributed by atoms with E-state index in [0.717, 1.165) is 85.7 Å². The Morgan fingerprint density at radius 3 is 2.54 bits per heavy atom. The van der Waals surface area contributed by atoms with Gasteiger partial charge < -0.3 is 9.84 Å². The molecule has 1 N–H and O–H groups in total. The first kappa shape index (κ1) is 27.4. The second kappa shape index (κ2) is 12.0. The van der Waals surface area contributed by atoms with E-state index in [1.807, 2.05) is 45.5 Å². The highest BCUT2D eigenvalue weighted by Crippen LogP contribution is 2.34. The average molecular weight is 552 g/mol. The van der Waals surface area contributed by atoms with Crippen LogP contribution in [0.15, 0.2) is 59.7 Å². The van der Waals surface area contributed by atoms with Crippen molar-refractivity contribution in [2.75, 3.05) is 0 Å². The Kier molecular flexibility index (Phi) is 8.00. The molecule has 0 radical (unpaired) electrons. The van der Waals surface area contributed by atoms with Gasteiger partial charge in [-0.05, 0) is 74.1 Å². The van der Waals surface area contributed by atoms with Crippen LogP contribution in [-0.2, 0) is 17.6 Å². The zero-order valence-electron chi connectivity index (χ0n) is 23.6. The number of rotatable bonds is 8. The summed E-state index contributed by atoms with van der Waals surface area (Å²) in [5, 5.41) is 24.3. The minimum Gasteiger partial charge on any atom is -0.390 e. The monoisotopic (exact) mass is 551 g/mol. The summed E-state index contributed by atoms with van der Waals surface area (Å²) in [5.74, 6) is 0.612. The van der Waals surface area contributed by atoms with Gasteiger partial charge in [-0.25, -0.2) is 4.52 Å². The minimum atomic E-state index is -0.352. The number of hydrogen-bond donors (Lipinski definition) is 1. The Morgan fingerprint density at radius 2 is 1.83 bits per heavy atom. The lowest BCUT2D eigenvalue weighted by molar-refractivity contribution is -0.0765. The molecule has 2 aliphatic carbocycles. The number of aromatic nitrogens is 4. The first-order valence-corrected chi connectivity index (χ1v) is 14.9. The largest absolute Gasteiger partial charge is 0.390 e. The normalized spacial score (nSPS) is 22.7. The molecule has 4 aromatic rings. The van der Waals surface area contributed by atoms with Crippen LogP contribution in [-0.4, -0.2) is 42.6 Å². The summed E-state index contributed by atoms with van der Waals surface area (Å²) in [6.45, 7) is 2.11. The second-order valence-electron chi connectivity index (χ2n) is 11.5. The summed E-state index contributed by atoms with van der Waals surface area (Å²) in [4.78, 5) is 18.8. The van der Waals surface area contributed by atoms with Crippen molar-refractivity contribution in [1.82, 2.24) is 19.2 Å². The molecule has 0 unspecified atom stereocenters. The van der Waals surface area contributed by atoms with Gasteiger partial charge in [0.2, 0.25) is 5.78 Å². The predicted octanol–water partition coefficient (Wildman–Crippen LogP) is 5.39. The van der Waals surface area contributed by atoms with E-state index in [1.54, 1.807) is 6.33 Å². The van der Waals surface area contributed by atoms with E-state index >= 15 is 0 Å². The fourth-order valence-corrected chi connectivity index (χ4v) is 6.67. The summed E-state index contributed by atoms with van der Waals surface area (Å²) >= 11 is 0. The van der Waals surface area contributed by atoms with Crippen molar-refractivity contribution < 1.29 is 9.84 Å². The van der Waals surface area contributed by atoms with Crippen LogP contribution in [0.5, 0.6) is 0 Å². The Balaban J connectivity index is 1.29. The molecule has 2 aliphatic rings. The maximum Gasteiger partial charge on any atom is 0.259 e. The first-order chi connectivity index (χ1) is 20.1. The highest BCUT2D eigenvalue weighted by Gasteiger charge is 2.32. The predicted molar refractivity (Wildman–Crippen MR) is 157 cm³/mol. The van der Waals surface area contributed by atoms with Crippen molar-refractivity contribution in [1.29, 1.82) is 5.26 Å². The Labute approximate surface area is 240 Å². The smallest absolute Gasteiger partial charge is 0.259 e. The molecule has 2 fully saturated rings. The zero-order valence-corrected chi connectivity index (χ0v) is 23.6. The van der Waals surface area contributed by atoms with Gasteiger partial charge in [0, 0.05) is 18.0 Å². The molecule has 0 spiro atoms. The standard InChI is InChI=1S/C33H37N5O3/c1-2-6-29-28(19-22-11-13-23(14-12-22)27-8-4-3-7-24(27)20-34)32(40)37(33-35-21-36-38(29)33)25-15-17-26(18-16-25)41-31-10-5-9-30(31)39/h3-4,7-8,11-14,21,25-26,30-31,39H,2,5-6,9-10,15-19H2,1H3/t25?,26?,30-,31+/m0/s1. The zero-order chi connectivity index (χ0) is 28.3. The molecular formula is C33H37N5O3. The number of aliphatic hydroxyl groups is 1. The molecule has 6 rings (SSSR count). The highest BCUT2D eigenvalue weighted by molar-refractivity contribution is 5.70. The van der Waals surface area contributed by atoms with E-state index in [0.29, 0.717) is 17.8 Å². The van der Waals surface area contributed by atoms with Gasteiger partial charge >= 0.3 is 0 Å². The van der Waals surface area contributed by atoms with E-state index in [9.17, 15) is 15.2 Å². The quantitative estimate of drug-likeness (QED) is 0.315. The maximum absolute atomic E-state index is 14.2. The van der Waals surface area contributed by atoms with Crippen LogP contribution < -0.4 is 5.56 Å². The number of fused-ring (bicyclic) bond motifs is 1. The van der Waals surface area contributed by atoms with Crippen LogP contribution in [0.25, 0.3) is 16.9 Å². The Hall–Kier alpha value is -3.80. The van der Waals surface area contributed by atoms with E-state index in [2.05, 4.69) is 35.2 Å². The number of ether oxygens (including phenoxy) is 1. The molecule has 212 valence electrons. The van der Waals surface area contributed by atoms with E-state index in [1.165, 1.54) is 0 Å². The van der Waals surface area contributed by atoms with Crippen molar-refractivity contribution >= 4 is 5.78 Å². The maximum atomic E-state index is 14.2. The molecule has 2 atom stereocenters. The lowest BCUT2D eigenvalue weighted by atomic mass is 9.92. The van der Waals surface area contributed by atoms with Gasteiger partial charge in [0.1, 0.15) is 6.33 Å². The third-order valence-corrected chi connectivity index (χ3v) is 8.80. The molecule has 41 heavy (non-hydrogen) atoms. The molecule has 0 aliphatic heterocycles. The lowest BCUT2D eigenvalue weighted by Crippen LogP contribution is -2.36. The van der Waals surface area contributed by atoms with Gasteiger partial charge in [-0.15, -0.1) is 0 Å². The number of benzene rings is 2. The third kappa shape index (κ3) is 5.44. The number of hydrogen-bond acceptors (Lipinski definition) is 6. The fourth-order valence-electron chi connectivity index (χ4n) is 6.67. The molecule has 0 saturated heterocycles. The number of nitrogens with zero attached hydrogens (tertiary/aromatic N) is 5. The molecule has 8 heteroatoms. The van der Waals surface area contributed by atoms with Crippen molar-refractivity contribution in [2.24, 2.45) is 0 Å². The Morgan fingerprint density at radius 1 is 1.05 bits per heavy atom. The van der Waals surface area contributed by atoms with Crippen molar-refractivity contribution in [3.05, 3.63) is 87.6 Å². The van der Waals surface area contributed by atoms with Crippen molar-refractivity contribution in [3.63, 3.8) is 0 Å². The molecule has 8 nitrogen and oxygen atoms in total. The Bertz CT molecular complexity index is 1610. The van der Waals surface area contributed by atoms with Crippen LogP contribution in [0.1, 0.15) is 86.7 Å². The number of aryl methyl sites for hydroxylation is 1. The van der Waals surface area contributed by atoms with Crippen LogP contribution >= 0.6 is 0 Å². The molecule has 2 saturated carbocycles. The lowest BCUT2D eigenvalue weighted by Gasteiger charge is -2.32. The fraction of sp³-hybridized carbons (Fsp3) is 0.455. The van der Waals surface area contributed by atoms with Gasteiger partial charge in [-0.3, -0.25) is 9.36 Å². The number of nitriles is 1. The third-order valence-electron chi connectivity index (χ3n) is 8.80. The summed E-state index contributed by atoms with van der Waals surface area (Å²) in [5.41, 5.74) is 5.27. The van der Waals surface area contributed by atoms with E-state index in [-0.39, 0.29) is 29.9 Å². The number of aliphatic hydroxyl groups excluding tert-OH is 1. The van der Waals surface area contributed by atoms with Crippen LogP contribution in [0.2, 0.25) is 0 Å².